The van der Waals surface area contributed by atoms with Crippen molar-refractivity contribution in [3.63, 3.8) is 0 Å². The molecule has 0 radical (unpaired) electrons. The van der Waals surface area contributed by atoms with Crippen molar-refractivity contribution in [1.29, 1.82) is 0 Å². The van der Waals surface area contributed by atoms with Crippen LogP contribution in [0.4, 0.5) is 0 Å². The third-order valence-electron chi connectivity index (χ3n) is 17.0. The fourth-order valence-electron chi connectivity index (χ4n) is 13.6. The molecule has 0 N–H and O–H groups in total. The smallest absolute Gasteiger partial charge is 0.302 e. The number of hydrogen-bond acceptors (Lipinski definition) is 15. The van der Waals surface area contributed by atoms with Gasteiger partial charge in [-0.15, -0.1) is 11.8 Å². The lowest BCUT2D eigenvalue weighted by Gasteiger charge is -2.62. The van der Waals surface area contributed by atoms with E-state index >= 15 is 0 Å². The summed E-state index contributed by atoms with van der Waals surface area (Å²) >= 11 is 1.84. The molecular formula is C56H78O14S. The van der Waals surface area contributed by atoms with E-state index in [0.29, 0.717) is 64.8 Å². The highest BCUT2D eigenvalue weighted by Gasteiger charge is 2.67. The minimum atomic E-state index is -0.708. The Kier molecular flexibility index (Phi) is 15.4. The summed E-state index contributed by atoms with van der Waals surface area (Å²) in [6.07, 6.45) is 4.82. The minimum Gasteiger partial charge on any atom is -0.463 e. The lowest BCUT2D eigenvalue weighted by Crippen LogP contribution is -2.73. The van der Waals surface area contributed by atoms with Crippen LogP contribution in [0.1, 0.15) is 137 Å². The van der Waals surface area contributed by atoms with E-state index in [2.05, 4.69) is 71.0 Å². The molecule has 392 valence electrons. The fraction of sp³-hybridized carbons (Fsp3) is 0.750. The number of thioether (sulfide) groups is 1. The molecule has 0 aliphatic carbocycles. The SMILES string of the molecule is CCS[C@@]12CC[C@@H]3O[C@@H]4C[C@@H]5O[C@H](COC(C)=O)[C@@H](OC(C)=O)CC[C@H]5O[C@@]4(C)C[C@@]3(C)O[C@H]1C[C@H]1O[C@H]3C[C@H]4O[C@@H](CCCOCc5ccccc5)C[C@H](OCc5ccccc5)[C@]4(C)O[C@]3(C)C[C@@H]1O2. The Morgan fingerprint density at radius 3 is 2.11 bits per heavy atom. The summed E-state index contributed by atoms with van der Waals surface area (Å²) in [5, 5.41) is 0. The molecule has 8 aliphatic rings. The zero-order chi connectivity index (χ0) is 49.6. The predicted molar refractivity (Wildman–Crippen MR) is 264 cm³/mol. The van der Waals surface area contributed by atoms with Crippen molar-refractivity contribution in [1.82, 2.24) is 0 Å². The van der Waals surface area contributed by atoms with Crippen LogP contribution < -0.4 is 0 Å². The van der Waals surface area contributed by atoms with Crippen molar-refractivity contribution >= 4 is 23.7 Å². The number of benzene rings is 2. The second-order valence-corrected chi connectivity index (χ2v) is 24.0. The number of carbonyl (C=O) groups is 2. The van der Waals surface area contributed by atoms with Gasteiger partial charge in [0.2, 0.25) is 0 Å². The van der Waals surface area contributed by atoms with Gasteiger partial charge in [-0.1, -0.05) is 67.6 Å². The first kappa shape index (κ1) is 51.8. The first-order valence-corrected chi connectivity index (χ1v) is 27.6. The topological polar surface area (TPSA) is 145 Å². The van der Waals surface area contributed by atoms with E-state index in [1.165, 1.54) is 19.4 Å². The highest BCUT2D eigenvalue weighted by Crippen LogP contribution is 2.58. The molecule has 2 aromatic carbocycles. The summed E-state index contributed by atoms with van der Waals surface area (Å²) in [5.41, 5.74) is -0.392. The Morgan fingerprint density at radius 2 is 1.38 bits per heavy atom. The highest BCUT2D eigenvalue weighted by atomic mass is 32.2. The molecule has 0 aromatic heterocycles. The maximum atomic E-state index is 12.1. The molecule has 10 rings (SSSR count). The van der Waals surface area contributed by atoms with Crippen molar-refractivity contribution in [2.75, 3.05) is 19.0 Å². The van der Waals surface area contributed by atoms with E-state index in [4.69, 9.17) is 56.8 Å². The Hall–Kier alpha value is -2.67. The number of carbonyl (C=O) groups excluding carboxylic acids is 2. The Bertz CT molecular complexity index is 2140. The molecule has 0 unspecified atom stereocenters. The average molecular weight is 1010 g/mol. The molecule has 8 aliphatic heterocycles. The molecule has 2 aromatic rings. The number of fused-ring (bicyclic) bond motifs is 7. The molecule has 0 saturated carbocycles. The second kappa shape index (κ2) is 21.2. The molecule has 14 nitrogen and oxygen atoms in total. The van der Waals surface area contributed by atoms with Crippen LogP contribution in [0.3, 0.4) is 0 Å². The average Bonchev–Trinajstić information content (AvgIpc) is 3.55. The molecule has 15 heteroatoms. The highest BCUT2D eigenvalue weighted by molar-refractivity contribution is 8.00. The van der Waals surface area contributed by atoms with Crippen LogP contribution in [0.5, 0.6) is 0 Å². The summed E-state index contributed by atoms with van der Waals surface area (Å²) in [6, 6.07) is 20.7. The summed E-state index contributed by atoms with van der Waals surface area (Å²) in [4.78, 5) is 23.4. The molecule has 8 heterocycles. The van der Waals surface area contributed by atoms with E-state index in [-0.39, 0.29) is 73.8 Å². The summed E-state index contributed by atoms with van der Waals surface area (Å²) < 4.78 is 81.8. The first-order valence-electron chi connectivity index (χ1n) is 26.6. The van der Waals surface area contributed by atoms with Crippen LogP contribution >= 0.6 is 11.8 Å². The van der Waals surface area contributed by atoms with Gasteiger partial charge in [0, 0.05) is 59.0 Å². The van der Waals surface area contributed by atoms with Crippen molar-refractivity contribution in [3.8, 4) is 0 Å². The maximum Gasteiger partial charge on any atom is 0.302 e. The fourth-order valence-corrected chi connectivity index (χ4v) is 14.9. The third kappa shape index (κ3) is 10.9. The molecule has 0 spiro atoms. The monoisotopic (exact) mass is 1010 g/mol. The lowest BCUT2D eigenvalue weighted by molar-refractivity contribution is -0.375. The van der Waals surface area contributed by atoms with Gasteiger partial charge in [-0.3, -0.25) is 9.59 Å². The Morgan fingerprint density at radius 1 is 0.676 bits per heavy atom. The lowest BCUT2D eigenvalue weighted by atomic mass is 9.72. The van der Waals surface area contributed by atoms with Crippen LogP contribution in [0.2, 0.25) is 0 Å². The van der Waals surface area contributed by atoms with Crippen LogP contribution in [0.15, 0.2) is 60.7 Å². The van der Waals surface area contributed by atoms with Crippen LogP contribution in [0.25, 0.3) is 0 Å². The van der Waals surface area contributed by atoms with Gasteiger partial charge in [0.05, 0.1) is 97.2 Å². The predicted octanol–water partition coefficient (Wildman–Crippen LogP) is 8.75. The normalized spacial score (nSPS) is 43.8. The van der Waals surface area contributed by atoms with Crippen molar-refractivity contribution < 1.29 is 66.4 Å². The van der Waals surface area contributed by atoms with Gasteiger partial charge in [0.1, 0.15) is 29.3 Å². The van der Waals surface area contributed by atoms with E-state index in [9.17, 15) is 9.59 Å². The van der Waals surface area contributed by atoms with Gasteiger partial charge in [0.25, 0.3) is 0 Å². The van der Waals surface area contributed by atoms with Gasteiger partial charge in [-0.25, -0.2) is 0 Å². The summed E-state index contributed by atoms with van der Waals surface area (Å²) in [7, 11) is 0. The minimum absolute atomic E-state index is 0.00560. The van der Waals surface area contributed by atoms with E-state index in [1.807, 2.05) is 36.0 Å². The number of rotatable bonds is 14. The third-order valence-corrected chi connectivity index (χ3v) is 18.4. The van der Waals surface area contributed by atoms with Crippen LogP contribution in [0, 0.1) is 0 Å². The van der Waals surface area contributed by atoms with E-state index in [0.717, 1.165) is 43.4 Å². The Labute approximate surface area is 424 Å². The summed E-state index contributed by atoms with van der Waals surface area (Å²) in [5.74, 6) is 0.0483. The van der Waals surface area contributed by atoms with Gasteiger partial charge >= 0.3 is 11.9 Å². The standard InChI is InChI=1S/C56H78O14S/c1-8-71-56-24-23-46-53(5,34-54(6)47(66-46)27-42-41(67-54)22-21-40(62-36(3)58)45(64-42)33-60-35(2)57)69-51(56)28-43-44(68-56)30-52(4)48(65-43)29-50-55(7,70-52)49(61-32-38-18-13-10-14-19-38)26-39(63-50)20-15-25-59-31-37-16-11-9-12-17-37/h9-14,16-19,39-51H,8,15,20-34H2,1-7H3/t39-,40-,41+,42-,43+,44-,45+,46-,47+,48-,49-,50+,51-,52+,53+,54-,55-,56-/m0/s1. The maximum absolute atomic E-state index is 12.1. The molecule has 8 saturated heterocycles. The zero-order valence-electron chi connectivity index (χ0n) is 42.9. The summed E-state index contributed by atoms with van der Waals surface area (Å²) in [6.45, 7) is 15.4. The van der Waals surface area contributed by atoms with Gasteiger partial charge < -0.3 is 56.8 Å². The zero-order valence-corrected chi connectivity index (χ0v) is 43.7. The largest absolute Gasteiger partial charge is 0.463 e. The van der Waals surface area contributed by atoms with Crippen molar-refractivity contribution in [2.24, 2.45) is 0 Å². The van der Waals surface area contributed by atoms with Gasteiger partial charge in [-0.2, -0.15) is 0 Å². The van der Waals surface area contributed by atoms with Gasteiger partial charge in [-0.05, 0) is 83.1 Å². The number of ether oxygens (including phenoxy) is 12. The molecular weight excluding hydrogens is 929 g/mol. The first-order chi connectivity index (χ1) is 34.1. The number of hydrogen-bond donors (Lipinski definition) is 0. The van der Waals surface area contributed by atoms with Crippen LogP contribution in [-0.2, 0) is 79.6 Å². The van der Waals surface area contributed by atoms with E-state index < -0.39 is 51.5 Å². The Balaban J connectivity index is 0.837. The van der Waals surface area contributed by atoms with Crippen molar-refractivity contribution in [3.05, 3.63) is 71.8 Å². The molecule has 18 atom stereocenters. The molecule has 0 amide bonds. The quantitative estimate of drug-likeness (QED) is 0.131. The molecule has 71 heavy (non-hydrogen) atoms. The van der Waals surface area contributed by atoms with Crippen molar-refractivity contribution in [2.45, 2.75) is 245 Å². The molecule has 8 fully saturated rings. The van der Waals surface area contributed by atoms with Gasteiger partial charge in [0.15, 0.2) is 0 Å². The van der Waals surface area contributed by atoms with Crippen LogP contribution in [-0.4, -0.2) is 138 Å². The molecule has 0 bridgehead atoms. The number of esters is 2. The second-order valence-electron chi connectivity index (χ2n) is 22.5. The van der Waals surface area contributed by atoms with E-state index in [1.54, 1.807) is 0 Å².